The highest BCUT2D eigenvalue weighted by molar-refractivity contribution is 8.00. The number of aliphatic hydroxyl groups excluding tert-OH is 1. The zero-order valence-electron chi connectivity index (χ0n) is 8.02. The Balaban J connectivity index is 2.54. The van der Waals surface area contributed by atoms with E-state index < -0.39 is 6.10 Å². The van der Waals surface area contributed by atoms with Gasteiger partial charge in [-0.15, -0.1) is 11.3 Å². The van der Waals surface area contributed by atoms with Crippen LogP contribution in [-0.4, -0.2) is 16.3 Å². The first kappa shape index (κ1) is 9.96. The van der Waals surface area contributed by atoms with Gasteiger partial charge < -0.3 is 5.11 Å². The smallest absolute Gasteiger partial charge is 0.150 e. The highest BCUT2D eigenvalue weighted by Crippen LogP contribution is 2.29. The fourth-order valence-electron chi connectivity index (χ4n) is 1.27. The van der Waals surface area contributed by atoms with Crippen molar-refractivity contribution >= 4 is 33.3 Å². The first-order valence-electron chi connectivity index (χ1n) is 4.33. The van der Waals surface area contributed by atoms with Crippen LogP contribution in [0.25, 0.3) is 10.2 Å². The summed E-state index contributed by atoms with van der Waals surface area (Å²) in [7, 11) is 0. The monoisotopic (exact) mass is 225 g/mol. The molecule has 1 N–H and O–H groups in total. The van der Waals surface area contributed by atoms with Gasteiger partial charge >= 0.3 is 0 Å². The van der Waals surface area contributed by atoms with Crippen LogP contribution in [0.5, 0.6) is 0 Å². The Morgan fingerprint density at radius 1 is 1.50 bits per heavy atom. The predicted octanol–water partition coefficient (Wildman–Crippen LogP) is 3.07. The Morgan fingerprint density at radius 3 is 2.93 bits per heavy atom. The van der Waals surface area contributed by atoms with Crippen molar-refractivity contribution in [1.29, 1.82) is 0 Å². The molecular weight excluding hydrogens is 214 g/mol. The minimum atomic E-state index is -0.418. The van der Waals surface area contributed by atoms with Crippen LogP contribution >= 0.6 is 23.1 Å². The van der Waals surface area contributed by atoms with Gasteiger partial charge in [-0.25, -0.2) is 4.98 Å². The highest BCUT2D eigenvalue weighted by Gasteiger charge is 2.06. The summed E-state index contributed by atoms with van der Waals surface area (Å²) in [5, 5.41) is 9.42. The van der Waals surface area contributed by atoms with Crippen LogP contribution in [0.3, 0.4) is 0 Å². The first-order valence-corrected chi connectivity index (χ1v) is 6.37. The fraction of sp³-hybridized carbons (Fsp3) is 0.300. The maximum Gasteiger partial charge on any atom is 0.150 e. The highest BCUT2D eigenvalue weighted by atomic mass is 32.2. The number of thioether (sulfide) groups is 1. The molecule has 4 heteroatoms. The maximum atomic E-state index is 9.42. The lowest BCUT2D eigenvalue weighted by Gasteiger charge is -2.02. The number of hydrogen-bond donors (Lipinski definition) is 1. The van der Waals surface area contributed by atoms with Crippen molar-refractivity contribution in [3.63, 3.8) is 0 Å². The molecule has 0 spiro atoms. The Hall–Kier alpha value is -0.580. The number of hydrogen-bond acceptors (Lipinski definition) is 4. The van der Waals surface area contributed by atoms with Gasteiger partial charge in [-0.1, -0.05) is 17.8 Å². The van der Waals surface area contributed by atoms with E-state index in [0.29, 0.717) is 0 Å². The number of thiazole rings is 1. The first-order chi connectivity index (χ1) is 6.70. The molecule has 0 aliphatic heterocycles. The Labute approximate surface area is 91.0 Å². The summed E-state index contributed by atoms with van der Waals surface area (Å²) in [4.78, 5) is 4.44. The molecule has 14 heavy (non-hydrogen) atoms. The molecule has 1 unspecified atom stereocenters. The van der Waals surface area contributed by atoms with Crippen molar-refractivity contribution in [3.05, 3.63) is 23.8 Å². The summed E-state index contributed by atoms with van der Waals surface area (Å²) in [5.41, 5.74) is 1.91. The Morgan fingerprint density at radius 2 is 2.29 bits per heavy atom. The van der Waals surface area contributed by atoms with Crippen LogP contribution in [-0.2, 0) is 0 Å². The standard InChI is InChI=1S/C10H11NOS2/c1-6(12)7-3-4-9-8(5-7)11-10(13-2)14-9/h3-6,12H,1-2H3. The van der Waals surface area contributed by atoms with E-state index in [1.807, 2.05) is 24.5 Å². The van der Waals surface area contributed by atoms with Crippen LogP contribution in [0.4, 0.5) is 0 Å². The molecule has 1 heterocycles. The molecule has 1 aromatic heterocycles. The molecule has 2 nitrogen and oxygen atoms in total. The normalized spacial score (nSPS) is 13.4. The van der Waals surface area contributed by atoms with Crippen molar-refractivity contribution in [2.75, 3.05) is 6.26 Å². The average molecular weight is 225 g/mol. The van der Waals surface area contributed by atoms with Gasteiger partial charge in [0.05, 0.1) is 16.3 Å². The molecule has 74 valence electrons. The van der Waals surface area contributed by atoms with Gasteiger partial charge in [-0.2, -0.15) is 0 Å². The summed E-state index contributed by atoms with van der Waals surface area (Å²) >= 11 is 3.34. The second-order valence-electron chi connectivity index (χ2n) is 3.09. The lowest BCUT2D eigenvalue weighted by atomic mass is 10.1. The van der Waals surface area contributed by atoms with E-state index >= 15 is 0 Å². The van der Waals surface area contributed by atoms with Gasteiger partial charge in [-0.3, -0.25) is 0 Å². The molecular formula is C10H11NOS2. The summed E-state index contributed by atoms with van der Waals surface area (Å²) in [6, 6.07) is 5.93. The molecule has 0 radical (unpaired) electrons. The summed E-state index contributed by atoms with van der Waals surface area (Å²) in [6.07, 6.45) is 1.60. The molecule has 1 atom stereocenters. The SMILES string of the molecule is CSc1nc2cc(C(C)O)ccc2s1. The van der Waals surface area contributed by atoms with Gasteiger partial charge in [0.1, 0.15) is 0 Å². The predicted molar refractivity (Wildman–Crippen MR) is 62.0 cm³/mol. The number of rotatable bonds is 2. The zero-order valence-corrected chi connectivity index (χ0v) is 9.65. The van der Waals surface area contributed by atoms with Gasteiger partial charge in [-0.05, 0) is 30.9 Å². The summed E-state index contributed by atoms with van der Waals surface area (Å²) in [5.74, 6) is 0. The van der Waals surface area contributed by atoms with E-state index in [4.69, 9.17) is 0 Å². The number of fused-ring (bicyclic) bond motifs is 1. The number of benzene rings is 1. The van der Waals surface area contributed by atoms with Crippen molar-refractivity contribution in [2.24, 2.45) is 0 Å². The molecule has 0 saturated heterocycles. The van der Waals surface area contributed by atoms with Crippen LogP contribution in [0.1, 0.15) is 18.6 Å². The lowest BCUT2D eigenvalue weighted by Crippen LogP contribution is -1.89. The minimum Gasteiger partial charge on any atom is -0.389 e. The van der Waals surface area contributed by atoms with Gasteiger partial charge in [0.15, 0.2) is 4.34 Å². The number of aromatic nitrogens is 1. The second kappa shape index (κ2) is 3.88. The quantitative estimate of drug-likeness (QED) is 0.797. The van der Waals surface area contributed by atoms with Crippen LogP contribution < -0.4 is 0 Å². The van der Waals surface area contributed by atoms with Crippen LogP contribution in [0, 0.1) is 0 Å². The van der Waals surface area contributed by atoms with Crippen molar-refractivity contribution in [1.82, 2.24) is 4.98 Å². The van der Waals surface area contributed by atoms with E-state index in [2.05, 4.69) is 4.98 Å². The molecule has 0 fully saturated rings. The zero-order chi connectivity index (χ0) is 10.1. The molecule has 2 rings (SSSR count). The third-order valence-corrected chi connectivity index (χ3v) is 4.07. The largest absolute Gasteiger partial charge is 0.389 e. The minimum absolute atomic E-state index is 0.418. The fourth-order valence-corrected chi connectivity index (χ4v) is 2.74. The van der Waals surface area contributed by atoms with E-state index in [1.165, 1.54) is 4.70 Å². The van der Waals surface area contributed by atoms with Crippen LogP contribution in [0.15, 0.2) is 22.5 Å². The molecule has 0 aliphatic carbocycles. The van der Waals surface area contributed by atoms with Crippen molar-refractivity contribution < 1.29 is 5.11 Å². The number of aliphatic hydroxyl groups is 1. The van der Waals surface area contributed by atoms with Crippen molar-refractivity contribution in [2.45, 2.75) is 17.4 Å². The maximum absolute atomic E-state index is 9.42. The summed E-state index contributed by atoms with van der Waals surface area (Å²) in [6.45, 7) is 1.77. The van der Waals surface area contributed by atoms with E-state index in [1.54, 1.807) is 30.0 Å². The van der Waals surface area contributed by atoms with E-state index in [0.717, 1.165) is 15.4 Å². The summed E-state index contributed by atoms with van der Waals surface area (Å²) < 4.78 is 2.25. The van der Waals surface area contributed by atoms with E-state index in [-0.39, 0.29) is 0 Å². The average Bonchev–Trinajstić information content (AvgIpc) is 2.58. The molecule has 0 aliphatic rings. The molecule has 0 amide bonds. The Bertz CT molecular complexity index is 450. The third-order valence-electron chi connectivity index (χ3n) is 2.05. The van der Waals surface area contributed by atoms with Gasteiger partial charge in [0.25, 0.3) is 0 Å². The van der Waals surface area contributed by atoms with Crippen molar-refractivity contribution in [3.8, 4) is 0 Å². The lowest BCUT2D eigenvalue weighted by molar-refractivity contribution is 0.199. The van der Waals surface area contributed by atoms with Gasteiger partial charge in [0.2, 0.25) is 0 Å². The molecule has 0 bridgehead atoms. The number of nitrogens with zero attached hydrogens (tertiary/aromatic N) is 1. The topological polar surface area (TPSA) is 33.1 Å². The third kappa shape index (κ3) is 1.78. The molecule has 1 aromatic carbocycles. The van der Waals surface area contributed by atoms with Crippen LogP contribution in [0.2, 0.25) is 0 Å². The Kier molecular flexibility index (Phi) is 2.76. The second-order valence-corrected chi connectivity index (χ2v) is 5.17. The molecule has 2 aromatic rings. The van der Waals surface area contributed by atoms with E-state index in [9.17, 15) is 5.11 Å². The van der Waals surface area contributed by atoms with Gasteiger partial charge in [0, 0.05) is 0 Å². The molecule has 0 saturated carbocycles.